The lowest BCUT2D eigenvalue weighted by atomic mass is 10.5. The fourth-order valence-corrected chi connectivity index (χ4v) is 0.891. The molecule has 1 rings (SSSR count). The van der Waals surface area contributed by atoms with Gasteiger partial charge in [0.2, 0.25) is 0 Å². The minimum atomic E-state index is 0.0759. The van der Waals surface area contributed by atoms with Gasteiger partial charge < -0.3 is 15.7 Å². The highest BCUT2D eigenvalue weighted by Gasteiger charge is 2.05. The summed E-state index contributed by atoms with van der Waals surface area (Å²) in [4.78, 5) is 9.65. The van der Waals surface area contributed by atoms with Crippen molar-refractivity contribution in [1.29, 1.82) is 0 Å². The minimum Gasteiger partial charge on any atom is -0.395 e. The Morgan fingerprint density at radius 3 is 2.75 bits per heavy atom. The maximum Gasteiger partial charge on any atom is 0.171 e. The van der Waals surface area contributed by atoms with Crippen molar-refractivity contribution in [1.82, 2.24) is 9.97 Å². The summed E-state index contributed by atoms with van der Waals surface area (Å²) < 4.78 is 0. The van der Waals surface area contributed by atoms with E-state index in [1.165, 1.54) is 6.20 Å². The highest BCUT2D eigenvalue weighted by atomic mass is 16.3. The first-order valence-corrected chi connectivity index (χ1v) is 3.64. The van der Waals surface area contributed by atoms with Crippen LogP contribution in [-0.2, 0) is 0 Å². The number of rotatable bonds is 3. The summed E-state index contributed by atoms with van der Waals surface area (Å²) in [5.41, 5.74) is 5.55. The Morgan fingerprint density at radius 1 is 1.50 bits per heavy atom. The average Bonchev–Trinajstić information content (AvgIpc) is 2.05. The van der Waals surface area contributed by atoms with Crippen molar-refractivity contribution in [3.05, 3.63) is 12.4 Å². The summed E-state index contributed by atoms with van der Waals surface area (Å²) in [5, 5.41) is 8.66. The van der Waals surface area contributed by atoms with Crippen LogP contribution in [0.25, 0.3) is 0 Å². The van der Waals surface area contributed by atoms with Gasteiger partial charge in [0.1, 0.15) is 0 Å². The number of likely N-dealkylation sites (N-methyl/N-ethyl adjacent to an activating group) is 1. The number of nitrogen functional groups attached to an aromatic ring is 1. The van der Waals surface area contributed by atoms with E-state index in [-0.39, 0.29) is 6.61 Å². The Kier molecular flexibility index (Phi) is 2.82. The monoisotopic (exact) mass is 168 g/mol. The van der Waals surface area contributed by atoms with Crippen LogP contribution in [0, 0.1) is 0 Å². The van der Waals surface area contributed by atoms with E-state index in [1.54, 1.807) is 18.1 Å². The first kappa shape index (κ1) is 8.73. The lowest BCUT2D eigenvalue weighted by Gasteiger charge is -2.16. The van der Waals surface area contributed by atoms with Crippen molar-refractivity contribution in [3.8, 4) is 0 Å². The second kappa shape index (κ2) is 3.87. The Hall–Kier alpha value is -1.36. The van der Waals surface area contributed by atoms with Crippen LogP contribution in [0.15, 0.2) is 12.4 Å². The van der Waals surface area contributed by atoms with Gasteiger partial charge in [0.15, 0.2) is 11.6 Å². The molecule has 1 heterocycles. The Morgan fingerprint density at radius 2 is 2.17 bits per heavy atom. The van der Waals surface area contributed by atoms with Gasteiger partial charge in [-0.1, -0.05) is 0 Å². The van der Waals surface area contributed by atoms with Crippen LogP contribution in [0.5, 0.6) is 0 Å². The lowest BCUT2D eigenvalue weighted by molar-refractivity contribution is 0.304. The summed E-state index contributed by atoms with van der Waals surface area (Å²) in [5.74, 6) is 0.986. The third kappa shape index (κ3) is 1.82. The number of nitrogens with zero attached hydrogens (tertiary/aromatic N) is 3. The zero-order chi connectivity index (χ0) is 8.97. The van der Waals surface area contributed by atoms with Gasteiger partial charge in [-0.25, -0.2) is 9.97 Å². The van der Waals surface area contributed by atoms with E-state index in [2.05, 4.69) is 9.97 Å². The molecule has 5 nitrogen and oxygen atoms in total. The molecule has 0 amide bonds. The van der Waals surface area contributed by atoms with Crippen LogP contribution in [-0.4, -0.2) is 35.3 Å². The third-order valence-electron chi connectivity index (χ3n) is 1.50. The molecule has 1 aromatic rings. The summed E-state index contributed by atoms with van der Waals surface area (Å²) in [7, 11) is 1.80. The maximum absolute atomic E-state index is 8.66. The molecule has 1 aromatic heterocycles. The number of aliphatic hydroxyl groups is 1. The minimum absolute atomic E-state index is 0.0759. The van der Waals surface area contributed by atoms with Gasteiger partial charge in [-0.2, -0.15) is 0 Å². The van der Waals surface area contributed by atoms with Gasteiger partial charge >= 0.3 is 0 Å². The van der Waals surface area contributed by atoms with Gasteiger partial charge in [-0.15, -0.1) is 0 Å². The molecule has 0 aromatic carbocycles. The zero-order valence-corrected chi connectivity index (χ0v) is 6.94. The Labute approximate surface area is 70.9 Å². The molecule has 0 bridgehead atoms. The van der Waals surface area contributed by atoms with Crippen molar-refractivity contribution in [2.75, 3.05) is 30.8 Å². The first-order chi connectivity index (χ1) is 5.75. The zero-order valence-electron chi connectivity index (χ0n) is 6.94. The smallest absolute Gasteiger partial charge is 0.171 e. The molecule has 0 radical (unpaired) electrons. The molecule has 0 aliphatic carbocycles. The van der Waals surface area contributed by atoms with E-state index >= 15 is 0 Å². The molecule has 0 spiro atoms. The molecule has 0 aliphatic heterocycles. The third-order valence-corrected chi connectivity index (χ3v) is 1.50. The summed E-state index contributed by atoms with van der Waals surface area (Å²) in [6, 6.07) is 0. The van der Waals surface area contributed by atoms with E-state index in [1.807, 2.05) is 0 Å². The van der Waals surface area contributed by atoms with Crippen LogP contribution in [0.3, 0.4) is 0 Å². The highest BCUT2D eigenvalue weighted by Crippen LogP contribution is 2.13. The number of nitrogens with two attached hydrogens (primary N) is 1. The molecule has 0 fully saturated rings. The summed E-state index contributed by atoms with van der Waals surface area (Å²) in [6.07, 6.45) is 3.10. The molecule has 0 unspecified atom stereocenters. The standard InChI is InChI=1S/C7H12N4O/c1-11(4-5-12)7-6(8)9-2-3-10-7/h2-3,12H,4-5H2,1H3,(H2,8,9). The second-order valence-corrected chi connectivity index (χ2v) is 2.41. The molecule has 0 saturated carbocycles. The number of hydrogen-bond donors (Lipinski definition) is 2. The molecule has 0 saturated heterocycles. The van der Waals surface area contributed by atoms with Crippen LogP contribution in [0.2, 0.25) is 0 Å². The predicted molar refractivity (Wildman–Crippen MR) is 46.8 cm³/mol. The van der Waals surface area contributed by atoms with Crippen molar-refractivity contribution >= 4 is 11.6 Å². The van der Waals surface area contributed by atoms with Gasteiger partial charge in [0.25, 0.3) is 0 Å². The molecule has 0 aliphatic rings. The molecular weight excluding hydrogens is 156 g/mol. The Bertz CT molecular complexity index is 253. The predicted octanol–water partition coefficient (Wildman–Crippen LogP) is -0.513. The quantitative estimate of drug-likeness (QED) is 0.635. The topological polar surface area (TPSA) is 75.3 Å². The van der Waals surface area contributed by atoms with E-state index in [0.29, 0.717) is 18.2 Å². The Balaban J connectivity index is 2.79. The first-order valence-electron chi connectivity index (χ1n) is 3.64. The highest BCUT2D eigenvalue weighted by molar-refractivity contribution is 5.56. The average molecular weight is 168 g/mol. The van der Waals surface area contributed by atoms with E-state index in [4.69, 9.17) is 10.8 Å². The van der Waals surface area contributed by atoms with Crippen LogP contribution in [0.1, 0.15) is 0 Å². The van der Waals surface area contributed by atoms with Crippen LogP contribution >= 0.6 is 0 Å². The van der Waals surface area contributed by atoms with Gasteiger partial charge in [0.05, 0.1) is 6.61 Å². The second-order valence-electron chi connectivity index (χ2n) is 2.41. The number of aromatic nitrogens is 2. The lowest BCUT2D eigenvalue weighted by Crippen LogP contribution is -2.23. The van der Waals surface area contributed by atoms with Gasteiger partial charge in [0, 0.05) is 26.0 Å². The number of anilines is 2. The SMILES string of the molecule is CN(CCO)c1nccnc1N. The van der Waals surface area contributed by atoms with Crippen molar-refractivity contribution < 1.29 is 5.11 Å². The van der Waals surface area contributed by atoms with Crippen LogP contribution in [0.4, 0.5) is 11.6 Å². The van der Waals surface area contributed by atoms with Crippen molar-refractivity contribution in [3.63, 3.8) is 0 Å². The van der Waals surface area contributed by atoms with Gasteiger partial charge in [-0.05, 0) is 0 Å². The number of hydrogen-bond acceptors (Lipinski definition) is 5. The normalized spacial score (nSPS) is 9.83. The fraction of sp³-hybridized carbons (Fsp3) is 0.429. The summed E-state index contributed by atoms with van der Waals surface area (Å²) >= 11 is 0. The van der Waals surface area contributed by atoms with E-state index in [0.717, 1.165) is 0 Å². The molecule has 3 N–H and O–H groups in total. The van der Waals surface area contributed by atoms with Crippen molar-refractivity contribution in [2.24, 2.45) is 0 Å². The molecule has 0 atom stereocenters. The molecule has 5 heteroatoms. The fourth-order valence-electron chi connectivity index (χ4n) is 0.891. The largest absolute Gasteiger partial charge is 0.395 e. The van der Waals surface area contributed by atoms with E-state index < -0.39 is 0 Å². The molecular formula is C7H12N4O. The van der Waals surface area contributed by atoms with E-state index in [9.17, 15) is 0 Å². The van der Waals surface area contributed by atoms with Gasteiger partial charge in [-0.3, -0.25) is 0 Å². The number of aliphatic hydroxyl groups excluding tert-OH is 1. The van der Waals surface area contributed by atoms with Crippen LogP contribution < -0.4 is 10.6 Å². The molecule has 12 heavy (non-hydrogen) atoms. The maximum atomic E-state index is 8.66. The van der Waals surface area contributed by atoms with Crippen molar-refractivity contribution in [2.45, 2.75) is 0 Å². The summed E-state index contributed by atoms with van der Waals surface area (Å²) in [6.45, 7) is 0.579. The molecule has 66 valence electrons.